The van der Waals surface area contributed by atoms with Gasteiger partial charge >= 0.3 is 0 Å². The van der Waals surface area contributed by atoms with Crippen molar-refractivity contribution in [3.63, 3.8) is 0 Å². The van der Waals surface area contributed by atoms with E-state index in [0.717, 1.165) is 6.42 Å². The average molecular weight is 163 g/mol. The molecular weight excluding hydrogens is 154 g/mol. The van der Waals surface area contributed by atoms with Gasteiger partial charge in [0.1, 0.15) is 0 Å². The van der Waals surface area contributed by atoms with Crippen LogP contribution in [0.25, 0.3) is 0 Å². The van der Waals surface area contributed by atoms with Crippen LogP contribution in [0.2, 0.25) is 0 Å². The molecule has 2 N–H and O–H groups in total. The van der Waals surface area contributed by atoms with E-state index < -0.39 is 0 Å². The van der Waals surface area contributed by atoms with E-state index >= 15 is 0 Å². The van der Waals surface area contributed by atoms with Crippen LogP contribution in [-0.2, 0) is 4.79 Å². The van der Waals surface area contributed by atoms with E-state index in [-0.39, 0.29) is 5.91 Å². The van der Waals surface area contributed by atoms with Crippen molar-refractivity contribution in [2.24, 2.45) is 5.73 Å². The molecule has 1 amide bonds. The number of carbonyl (C=O) groups excluding carboxylic acids is 1. The minimum atomic E-state index is -0.171. The zero-order valence-electron chi connectivity index (χ0n) is 5.00. The molecule has 1 saturated heterocycles. The lowest BCUT2D eigenvalue weighted by Crippen LogP contribution is -2.16. The Morgan fingerprint density at radius 1 is 1.78 bits per heavy atom. The van der Waals surface area contributed by atoms with Crippen LogP contribution in [0.5, 0.6) is 0 Å². The van der Waals surface area contributed by atoms with Crippen molar-refractivity contribution in [1.82, 2.24) is 0 Å². The van der Waals surface area contributed by atoms with Gasteiger partial charge in [-0.2, -0.15) is 0 Å². The van der Waals surface area contributed by atoms with E-state index in [1.54, 1.807) is 10.8 Å². The molecule has 2 nitrogen and oxygen atoms in total. The summed E-state index contributed by atoms with van der Waals surface area (Å²) in [5.74, 6) is 0.998. The van der Waals surface area contributed by atoms with Crippen molar-refractivity contribution in [3.05, 3.63) is 0 Å². The first kappa shape index (κ1) is 7.28. The SMILES string of the molecule is NC(=O)CC1CCSS1. The van der Waals surface area contributed by atoms with E-state index in [1.165, 1.54) is 5.75 Å². The van der Waals surface area contributed by atoms with E-state index in [4.69, 9.17) is 5.73 Å². The van der Waals surface area contributed by atoms with Crippen LogP contribution in [-0.4, -0.2) is 16.9 Å². The average Bonchev–Trinajstić information content (AvgIpc) is 2.15. The molecule has 1 unspecified atom stereocenters. The summed E-state index contributed by atoms with van der Waals surface area (Å²) in [6, 6.07) is 0. The highest BCUT2D eigenvalue weighted by atomic mass is 33.1. The first-order valence-electron chi connectivity index (χ1n) is 2.85. The molecule has 1 fully saturated rings. The maximum Gasteiger partial charge on any atom is 0.218 e. The molecule has 0 aliphatic carbocycles. The maximum atomic E-state index is 10.4. The first-order chi connectivity index (χ1) is 4.29. The number of rotatable bonds is 2. The van der Waals surface area contributed by atoms with Crippen LogP contribution in [0.4, 0.5) is 0 Å². The number of hydrogen-bond donors (Lipinski definition) is 1. The third kappa shape index (κ3) is 2.49. The molecule has 0 bridgehead atoms. The standard InChI is InChI=1S/C5H9NOS2/c6-5(7)3-4-1-2-8-9-4/h4H,1-3H2,(H2,6,7). The van der Waals surface area contributed by atoms with Gasteiger partial charge in [0.05, 0.1) is 0 Å². The Labute approximate surface area is 62.3 Å². The smallest absolute Gasteiger partial charge is 0.218 e. The van der Waals surface area contributed by atoms with Crippen LogP contribution >= 0.6 is 21.6 Å². The summed E-state index contributed by atoms with van der Waals surface area (Å²) in [5.41, 5.74) is 5.01. The fourth-order valence-electron chi connectivity index (χ4n) is 0.732. The van der Waals surface area contributed by atoms with Crippen LogP contribution < -0.4 is 5.73 Å². The number of primary amides is 1. The first-order valence-corrected chi connectivity index (χ1v) is 5.24. The van der Waals surface area contributed by atoms with E-state index in [2.05, 4.69) is 0 Å². The second-order valence-electron chi connectivity index (χ2n) is 2.00. The van der Waals surface area contributed by atoms with Crippen molar-refractivity contribution in [1.29, 1.82) is 0 Å². The number of amides is 1. The summed E-state index contributed by atoms with van der Waals surface area (Å²) in [4.78, 5) is 10.4. The predicted molar refractivity (Wildman–Crippen MR) is 42.3 cm³/mol. The van der Waals surface area contributed by atoms with Gasteiger partial charge in [0, 0.05) is 17.4 Å². The van der Waals surface area contributed by atoms with Crippen LogP contribution in [0.1, 0.15) is 12.8 Å². The Morgan fingerprint density at radius 3 is 3.00 bits per heavy atom. The third-order valence-corrected chi connectivity index (χ3v) is 4.09. The Balaban J connectivity index is 2.19. The predicted octanol–water partition coefficient (Wildman–Crippen LogP) is 1.02. The summed E-state index contributed by atoms with van der Waals surface area (Å²) >= 11 is 0. The summed E-state index contributed by atoms with van der Waals surface area (Å²) in [5, 5.41) is 0.493. The highest BCUT2D eigenvalue weighted by Gasteiger charge is 2.17. The molecule has 1 heterocycles. The minimum Gasteiger partial charge on any atom is -0.370 e. The maximum absolute atomic E-state index is 10.4. The topological polar surface area (TPSA) is 43.1 Å². The number of hydrogen-bond acceptors (Lipinski definition) is 3. The monoisotopic (exact) mass is 163 g/mol. The Bertz CT molecular complexity index is 112. The fourth-order valence-corrected chi connectivity index (χ4v) is 3.64. The molecule has 1 aliphatic rings. The molecule has 0 saturated carbocycles. The fraction of sp³-hybridized carbons (Fsp3) is 0.800. The second-order valence-corrected chi connectivity index (χ2v) is 4.79. The van der Waals surface area contributed by atoms with Gasteiger partial charge < -0.3 is 5.73 Å². The van der Waals surface area contributed by atoms with Crippen molar-refractivity contribution in [2.45, 2.75) is 18.1 Å². The van der Waals surface area contributed by atoms with Crippen molar-refractivity contribution in [3.8, 4) is 0 Å². The number of carbonyl (C=O) groups is 1. The molecule has 1 atom stereocenters. The minimum absolute atomic E-state index is 0.171. The molecule has 1 rings (SSSR count). The van der Waals surface area contributed by atoms with E-state index in [1.807, 2.05) is 10.8 Å². The largest absolute Gasteiger partial charge is 0.370 e. The Kier molecular flexibility index (Phi) is 2.72. The zero-order valence-corrected chi connectivity index (χ0v) is 6.63. The zero-order chi connectivity index (χ0) is 6.69. The van der Waals surface area contributed by atoms with Crippen molar-refractivity contribution < 1.29 is 4.79 Å². The van der Waals surface area contributed by atoms with Gasteiger partial charge in [-0.15, -0.1) is 0 Å². The van der Waals surface area contributed by atoms with Gasteiger partial charge in [-0.25, -0.2) is 0 Å². The van der Waals surface area contributed by atoms with Gasteiger partial charge in [-0.3, -0.25) is 4.79 Å². The molecule has 9 heavy (non-hydrogen) atoms. The second kappa shape index (κ2) is 3.37. The van der Waals surface area contributed by atoms with Gasteiger partial charge in [-0.05, 0) is 6.42 Å². The summed E-state index contributed by atoms with van der Waals surface area (Å²) in [7, 11) is 3.62. The summed E-state index contributed by atoms with van der Waals surface area (Å²) in [6.45, 7) is 0. The molecule has 0 spiro atoms. The Hall–Kier alpha value is 0.170. The molecule has 0 aromatic rings. The molecule has 52 valence electrons. The van der Waals surface area contributed by atoms with Gasteiger partial charge in [0.25, 0.3) is 0 Å². The van der Waals surface area contributed by atoms with E-state index in [9.17, 15) is 4.79 Å². The van der Waals surface area contributed by atoms with Crippen LogP contribution in [0, 0.1) is 0 Å². The molecule has 1 aliphatic heterocycles. The lowest BCUT2D eigenvalue weighted by Gasteiger charge is -2.00. The summed E-state index contributed by atoms with van der Waals surface area (Å²) in [6.07, 6.45) is 1.69. The molecule has 0 radical (unpaired) electrons. The normalized spacial score (nSPS) is 26.4. The quantitative estimate of drug-likeness (QED) is 0.618. The number of nitrogens with two attached hydrogens (primary N) is 1. The lowest BCUT2D eigenvalue weighted by molar-refractivity contribution is -0.117. The van der Waals surface area contributed by atoms with Gasteiger partial charge in [0.15, 0.2) is 0 Å². The lowest BCUT2D eigenvalue weighted by atomic mass is 10.2. The van der Waals surface area contributed by atoms with Gasteiger partial charge in [-0.1, -0.05) is 21.6 Å². The Morgan fingerprint density at radius 2 is 2.56 bits per heavy atom. The third-order valence-electron chi connectivity index (χ3n) is 1.16. The molecule has 4 heteroatoms. The molecular formula is C5H9NOS2. The highest BCUT2D eigenvalue weighted by molar-refractivity contribution is 8.77. The summed E-state index contributed by atoms with van der Waals surface area (Å²) < 4.78 is 0. The molecule has 0 aromatic carbocycles. The molecule has 0 aromatic heterocycles. The van der Waals surface area contributed by atoms with E-state index in [0.29, 0.717) is 11.7 Å². The highest BCUT2D eigenvalue weighted by Crippen LogP contribution is 2.38. The van der Waals surface area contributed by atoms with Crippen molar-refractivity contribution >= 4 is 27.5 Å². The van der Waals surface area contributed by atoms with Crippen molar-refractivity contribution in [2.75, 3.05) is 5.75 Å². The van der Waals surface area contributed by atoms with Gasteiger partial charge in [0.2, 0.25) is 5.91 Å². The van der Waals surface area contributed by atoms with Crippen LogP contribution in [0.15, 0.2) is 0 Å². The van der Waals surface area contributed by atoms with Crippen LogP contribution in [0.3, 0.4) is 0 Å².